The van der Waals surface area contributed by atoms with Gasteiger partial charge in [-0.2, -0.15) is 0 Å². The summed E-state index contributed by atoms with van der Waals surface area (Å²) in [5.41, 5.74) is 6.77. The molecule has 0 spiro atoms. The van der Waals surface area contributed by atoms with E-state index in [9.17, 15) is 4.79 Å². The van der Waals surface area contributed by atoms with Crippen molar-refractivity contribution in [3.63, 3.8) is 0 Å². The third-order valence-electron chi connectivity index (χ3n) is 4.01. The Hall–Kier alpha value is -1.07. The molecule has 1 aliphatic rings. The van der Waals surface area contributed by atoms with Crippen molar-refractivity contribution in [1.82, 2.24) is 4.90 Å². The van der Waals surface area contributed by atoms with Crippen molar-refractivity contribution < 1.29 is 4.79 Å². The molecule has 2 unspecified atom stereocenters. The number of nitrogens with two attached hydrogens (primary N) is 1. The van der Waals surface area contributed by atoms with Crippen LogP contribution in [-0.2, 0) is 0 Å². The van der Waals surface area contributed by atoms with Crippen LogP contribution in [0.2, 0.25) is 0 Å². The topological polar surface area (TPSA) is 46.3 Å². The minimum Gasteiger partial charge on any atom is -0.397 e. The Bertz CT molecular complexity index is 682. The molecule has 106 valence electrons. The molecule has 3 rings (SSSR count). The molecule has 5 heteroatoms. The van der Waals surface area contributed by atoms with Gasteiger partial charge in [0, 0.05) is 28.2 Å². The van der Waals surface area contributed by atoms with Crippen LogP contribution in [0.1, 0.15) is 23.0 Å². The summed E-state index contributed by atoms with van der Waals surface area (Å²) in [5, 5.41) is 0.959. The second-order valence-electron chi connectivity index (χ2n) is 5.64. The van der Waals surface area contributed by atoms with Crippen LogP contribution in [0.4, 0.5) is 5.69 Å². The molecule has 0 saturated heterocycles. The highest BCUT2D eigenvalue weighted by Gasteiger charge is 2.34. The molecule has 1 amide bonds. The first-order chi connectivity index (χ1) is 9.47. The molecule has 2 atom stereocenters. The van der Waals surface area contributed by atoms with Crippen molar-refractivity contribution in [1.29, 1.82) is 0 Å². The van der Waals surface area contributed by atoms with E-state index in [0.29, 0.717) is 16.5 Å². The van der Waals surface area contributed by atoms with Gasteiger partial charge in [0.05, 0.1) is 5.69 Å². The van der Waals surface area contributed by atoms with Crippen LogP contribution in [0.15, 0.2) is 22.7 Å². The second kappa shape index (κ2) is 5.04. The van der Waals surface area contributed by atoms with Gasteiger partial charge in [-0.3, -0.25) is 4.79 Å². The molecule has 1 aliphatic carbocycles. The van der Waals surface area contributed by atoms with Crippen molar-refractivity contribution in [2.45, 2.75) is 13.3 Å². The number of carbonyl (C=O) groups is 1. The normalized spacial score (nSPS) is 21.1. The first kappa shape index (κ1) is 13.9. The van der Waals surface area contributed by atoms with E-state index in [-0.39, 0.29) is 5.91 Å². The smallest absolute Gasteiger partial charge is 0.265 e. The summed E-state index contributed by atoms with van der Waals surface area (Å²) in [6.07, 6.45) is 1.23. The predicted molar refractivity (Wildman–Crippen MR) is 88.2 cm³/mol. The van der Waals surface area contributed by atoms with Gasteiger partial charge in [-0.25, -0.2) is 0 Å². The minimum absolute atomic E-state index is 0.0407. The molecule has 1 heterocycles. The number of rotatable bonds is 3. The summed E-state index contributed by atoms with van der Waals surface area (Å²) in [5.74, 6) is 1.45. The Morgan fingerprint density at radius 3 is 2.90 bits per heavy atom. The number of thiophene rings is 1. The SMILES string of the molecule is CC1CC1CN(C)C(=O)c1sc2ccc(Br)cc2c1N. The van der Waals surface area contributed by atoms with E-state index in [1.165, 1.54) is 17.8 Å². The van der Waals surface area contributed by atoms with Gasteiger partial charge >= 0.3 is 0 Å². The third kappa shape index (κ3) is 2.44. The number of anilines is 1. The van der Waals surface area contributed by atoms with Gasteiger partial charge in [0.25, 0.3) is 5.91 Å². The Kier molecular flexibility index (Phi) is 3.50. The lowest BCUT2D eigenvalue weighted by molar-refractivity contribution is 0.0793. The highest BCUT2D eigenvalue weighted by molar-refractivity contribution is 9.10. The first-order valence-electron chi connectivity index (χ1n) is 6.70. The molecule has 1 aromatic heterocycles. The number of carbonyl (C=O) groups excluding carboxylic acids is 1. The molecule has 3 nitrogen and oxygen atoms in total. The van der Waals surface area contributed by atoms with Crippen LogP contribution < -0.4 is 5.73 Å². The zero-order valence-corrected chi connectivity index (χ0v) is 13.9. The lowest BCUT2D eigenvalue weighted by Crippen LogP contribution is -2.28. The van der Waals surface area contributed by atoms with Crippen LogP contribution in [0, 0.1) is 11.8 Å². The van der Waals surface area contributed by atoms with E-state index >= 15 is 0 Å². The fourth-order valence-electron chi connectivity index (χ4n) is 2.51. The molecule has 0 aliphatic heterocycles. The van der Waals surface area contributed by atoms with Crippen molar-refractivity contribution >= 4 is 48.9 Å². The molecule has 2 N–H and O–H groups in total. The fourth-order valence-corrected chi connectivity index (χ4v) is 3.97. The summed E-state index contributed by atoms with van der Waals surface area (Å²) in [6, 6.07) is 5.95. The predicted octanol–water partition coefficient (Wildman–Crippen LogP) is 3.97. The standard InChI is InChI=1S/C15H17BrN2OS/c1-8-5-9(8)7-18(2)15(19)14-13(17)11-6-10(16)3-4-12(11)20-14/h3-4,6,8-9H,5,7,17H2,1-2H3. The van der Waals surface area contributed by atoms with E-state index < -0.39 is 0 Å². The van der Waals surface area contributed by atoms with Gasteiger partial charge < -0.3 is 10.6 Å². The minimum atomic E-state index is 0.0407. The maximum absolute atomic E-state index is 12.5. The van der Waals surface area contributed by atoms with Crippen LogP contribution in [-0.4, -0.2) is 24.4 Å². The lowest BCUT2D eigenvalue weighted by Gasteiger charge is -2.16. The Morgan fingerprint density at radius 2 is 2.25 bits per heavy atom. The van der Waals surface area contributed by atoms with Crippen molar-refractivity contribution in [3.05, 3.63) is 27.5 Å². The largest absolute Gasteiger partial charge is 0.397 e. The van der Waals surface area contributed by atoms with Crippen molar-refractivity contribution in [2.75, 3.05) is 19.3 Å². The molecule has 1 saturated carbocycles. The number of hydrogen-bond acceptors (Lipinski definition) is 3. The maximum Gasteiger partial charge on any atom is 0.265 e. The van der Waals surface area contributed by atoms with Crippen LogP contribution in [0.3, 0.4) is 0 Å². The van der Waals surface area contributed by atoms with Crippen molar-refractivity contribution in [2.24, 2.45) is 11.8 Å². The highest BCUT2D eigenvalue weighted by Crippen LogP contribution is 2.39. The van der Waals surface area contributed by atoms with E-state index in [1.807, 2.05) is 30.1 Å². The first-order valence-corrected chi connectivity index (χ1v) is 8.31. The average molecular weight is 353 g/mol. The average Bonchev–Trinajstić information content (AvgIpc) is 3.00. The Balaban J connectivity index is 1.89. The lowest BCUT2D eigenvalue weighted by atomic mass is 10.2. The molecule has 0 radical (unpaired) electrons. The monoisotopic (exact) mass is 352 g/mol. The molecule has 2 aromatic rings. The zero-order valence-electron chi connectivity index (χ0n) is 11.5. The van der Waals surface area contributed by atoms with Gasteiger partial charge in [0.1, 0.15) is 4.88 Å². The van der Waals surface area contributed by atoms with E-state index in [4.69, 9.17) is 5.73 Å². The molecule has 1 aromatic carbocycles. The number of amides is 1. The molecule has 1 fully saturated rings. The highest BCUT2D eigenvalue weighted by atomic mass is 79.9. The summed E-state index contributed by atoms with van der Waals surface area (Å²) in [7, 11) is 1.87. The number of nitrogen functional groups attached to an aromatic ring is 1. The summed E-state index contributed by atoms with van der Waals surface area (Å²) >= 11 is 4.92. The van der Waals surface area contributed by atoms with Gasteiger partial charge in [-0.15, -0.1) is 11.3 Å². The summed E-state index contributed by atoms with van der Waals surface area (Å²) < 4.78 is 2.04. The van der Waals surface area contributed by atoms with Gasteiger partial charge in [-0.05, 0) is 36.5 Å². The number of hydrogen-bond donors (Lipinski definition) is 1. The molecular formula is C15H17BrN2OS. The Labute approximate surface area is 130 Å². The second-order valence-corrected chi connectivity index (χ2v) is 7.61. The summed E-state index contributed by atoms with van der Waals surface area (Å²) in [6.45, 7) is 3.06. The zero-order chi connectivity index (χ0) is 14.4. The van der Waals surface area contributed by atoms with E-state index in [1.54, 1.807) is 0 Å². The van der Waals surface area contributed by atoms with E-state index in [2.05, 4.69) is 22.9 Å². The van der Waals surface area contributed by atoms with Gasteiger partial charge in [0.15, 0.2) is 0 Å². The maximum atomic E-state index is 12.5. The van der Waals surface area contributed by atoms with Gasteiger partial charge in [0.2, 0.25) is 0 Å². The quantitative estimate of drug-likeness (QED) is 0.908. The third-order valence-corrected chi connectivity index (χ3v) is 5.68. The Morgan fingerprint density at radius 1 is 1.55 bits per heavy atom. The number of fused-ring (bicyclic) bond motifs is 1. The van der Waals surface area contributed by atoms with Gasteiger partial charge in [-0.1, -0.05) is 22.9 Å². The van der Waals surface area contributed by atoms with Crippen LogP contribution in [0.25, 0.3) is 10.1 Å². The number of nitrogens with zero attached hydrogens (tertiary/aromatic N) is 1. The summed E-state index contributed by atoms with van der Waals surface area (Å²) in [4.78, 5) is 15.0. The van der Waals surface area contributed by atoms with Crippen molar-refractivity contribution in [3.8, 4) is 0 Å². The molecule has 20 heavy (non-hydrogen) atoms. The van der Waals surface area contributed by atoms with Crippen LogP contribution >= 0.6 is 27.3 Å². The number of benzene rings is 1. The molecular weight excluding hydrogens is 336 g/mol. The van der Waals surface area contributed by atoms with E-state index in [0.717, 1.165) is 27.0 Å². The fraction of sp³-hybridized carbons (Fsp3) is 0.400. The van der Waals surface area contributed by atoms with Crippen LogP contribution in [0.5, 0.6) is 0 Å². The number of halogens is 1. The molecule has 0 bridgehead atoms.